The van der Waals surface area contributed by atoms with Crippen molar-refractivity contribution >= 4 is 14.1 Å². The largest absolute Gasteiger partial charge is 0.416 e. The molecule has 0 aromatic heterocycles. The predicted molar refractivity (Wildman–Crippen MR) is 148 cm³/mol. The van der Waals surface area contributed by atoms with Crippen LogP contribution >= 0.6 is 0 Å². The number of nitrogens with one attached hydrogen (secondary N) is 1. The van der Waals surface area contributed by atoms with Crippen LogP contribution < -0.4 is 5.32 Å². The zero-order valence-corrected chi connectivity index (χ0v) is 26.1. The summed E-state index contributed by atoms with van der Waals surface area (Å²) < 4.78 is 79.5. The van der Waals surface area contributed by atoms with Crippen molar-refractivity contribution in [1.29, 1.82) is 0 Å². The van der Waals surface area contributed by atoms with E-state index in [2.05, 4.69) is 39.9 Å². The van der Waals surface area contributed by atoms with E-state index in [9.17, 15) is 26.7 Å². The number of piperidine rings is 1. The Morgan fingerprint density at radius 2 is 1.51 bits per heavy atom. The Hall–Kier alpha value is -0.543. The van der Waals surface area contributed by atoms with Gasteiger partial charge in [0.15, 0.2) is 8.32 Å². The highest BCUT2D eigenvalue weighted by molar-refractivity contribution is 6.74. The molecule has 9 heteroatoms. The van der Waals surface area contributed by atoms with Crippen LogP contribution in [0.3, 0.4) is 0 Å². The van der Waals surface area contributed by atoms with E-state index in [-0.39, 0.29) is 23.3 Å². The lowest BCUT2D eigenvalue weighted by Crippen LogP contribution is -2.68. The zero-order valence-electron chi connectivity index (χ0n) is 25.1. The summed E-state index contributed by atoms with van der Waals surface area (Å²) in [6.07, 6.45) is -0.850. The van der Waals surface area contributed by atoms with Gasteiger partial charge in [0.2, 0.25) is 0 Å². The van der Waals surface area contributed by atoms with Crippen LogP contribution in [0.4, 0.5) is 22.0 Å². The molecular weight excluding hydrogens is 529 g/mol. The lowest BCUT2D eigenvalue weighted by atomic mass is 9.59. The van der Waals surface area contributed by atoms with Crippen LogP contribution in [0, 0.1) is 41.4 Å². The summed E-state index contributed by atoms with van der Waals surface area (Å²) >= 11 is 0. The summed E-state index contributed by atoms with van der Waals surface area (Å²) in [4.78, 5) is 14.2. The third-order valence-corrected chi connectivity index (χ3v) is 15.3. The second-order valence-electron chi connectivity index (χ2n) is 14.5. The quantitative estimate of drug-likeness (QED) is 0.230. The third kappa shape index (κ3) is 7.65. The lowest BCUT2D eigenvalue weighted by Gasteiger charge is -2.52. The summed E-state index contributed by atoms with van der Waals surface area (Å²) in [5.41, 5.74) is 0. The van der Waals surface area contributed by atoms with E-state index in [0.717, 1.165) is 32.1 Å². The predicted octanol–water partition coefficient (Wildman–Crippen LogP) is 8.64. The Kier molecular flexibility index (Phi) is 10.8. The first kappa shape index (κ1) is 33.0. The number of hydrogen-bond donors (Lipinski definition) is 1. The van der Waals surface area contributed by atoms with Gasteiger partial charge in [0.25, 0.3) is 6.43 Å². The van der Waals surface area contributed by atoms with Gasteiger partial charge in [-0.1, -0.05) is 66.7 Å². The summed E-state index contributed by atoms with van der Waals surface area (Å²) in [6, 6.07) is -3.91. The molecule has 1 aliphatic heterocycles. The number of ketones is 1. The minimum atomic E-state index is -4.79. The Balaban J connectivity index is 2.03. The van der Waals surface area contributed by atoms with E-state index < -0.39 is 56.7 Å². The Morgan fingerprint density at radius 1 is 0.949 bits per heavy atom. The number of carbonyl (C=O) groups excluding carboxylic acids is 1. The summed E-state index contributed by atoms with van der Waals surface area (Å²) in [6.45, 7) is 14.5. The van der Waals surface area contributed by atoms with Crippen molar-refractivity contribution < 1.29 is 31.2 Å². The summed E-state index contributed by atoms with van der Waals surface area (Å²) in [5.74, 6) is -2.99. The van der Waals surface area contributed by atoms with Crippen molar-refractivity contribution in [2.45, 2.75) is 135 Å². The van der Waals surface area contributed by atoms with Gasteiger partial charge in [0.1, 0.15) is 11.8 Å². The molecule has 0 spiro atoms. The van der Waals surface area contributed by atoms with Gasteiger partial charge in [-0.2, -0.15) is 13.2 Å². The second kappa shape index (κ2) is 12.8. The molecule has 3 nitrogen and oxygen atoms in total. The maximum Gasteiger partial charge on any atom is 0.404 e. The highest BCUT2D eigenvalue weighted by Crippen LogP contribution is 2.50. The highest BCUT2D eigenvalue weighted by Gasteiger charge is 2.60. The second-order valence-corrected chi connectivity index (χ2v) is 19.3. The molecule has 0 radical (unpaired) electrons. The number of Topliss-reactive ketones (excluding diaryl/α,β-unsaturated/α-hetero) is 1. The van der Waals surface area contributed by atoms with Crippen LogP contribution in [0.2, 0.25) is 18.1 Å². The SMILES string of the molecule is CC(C)C1CCC(C(=O)C2C(C3CCCCC3)C(CO[Si](C)(C)C(C)(C)C)C(C(F)F)NC2C(F)(F)F)CC1. The molecule has 1 saturated heterocycles. The molecule has 0 amide bonds. The lowest BCUT2D eigenvalue weighted by molar-refractivity contribution is -0.203. The molecule has 0 bridgehead atoms. The monoisotopic (exact) mass is 581 g/mol. The first-order chi connectivity index (χ1) is 18.0. The molecular formula is C30H52F5NO2Si. The Labute approximate surface area is 233 Å². The van der Waals surface area contributed by atoms with E-state index in [1.165, 1.54) is 0 Å². The molecule has 5 unspecified atom stereocenters. The van der Waals surface area contributed by atoms with Gasteiger partial charge < -0.3 is 4.43 Å². The van der Waals surface area contributed by atoms with Crippen molar-refractivity contribution in [3.8, 4) is 0 Å². The molecule has 0 aromatic carbocycles. The topological polar surface area (TPSA) is 38.3 Å². The molecule has 2 saturated carbocycles. The van der Waals surface area contributed by atoms with E-state index in [1.807, 2.05) is 13.1 Å². The van der Waals surface area contributed by atoms with Crippen molar-refractivity contribution in [2.24, 2.45) is 41.4 Å². The molecule has 5 atom stereocenters. The van der Waals surface area contributed by atoms with Gasteiger partial charge in [0.05, 0.1) is 6.04 Å². The number of hydrogen-bond acceptors (Lipinski definition) is 3. The molecule has 2 aliphatic carbocycles. The molecule has 3 fully saturated rings. The maximum atomic E-state index is 14.6. The molecule has 228 valence electrons. The van der Waals surface area contributed by atoms with Gasteiger partial charge in [-0.15, -0.1) is 0 Å². The molecule has 3 aliphatic rings. The molecule has 1 heterocycles. The van der Waals surface area contributed by atoms with Crippen molar-refractivity contribution in [2.75, 3.05) is 6.61 Å². The average Bonchev–Trinajstić information content (AvgIpc) is 2.85. The van der Waals surface area contributed by atoms with Crippen LogP contribution in [0.15, 0.2) is 0 Å². The fourth-order valence-corrected chi connectivity index (χ4v) is 8.36. The van der Waals surface area contributed by atoms with E-state index in [0.29, 0.717) is 37.5 Å². The van der Waals surface area contributed by atoms with Crippen molar-refractivity contribution in [3.05, 3.63) is 0 Å². The fraction of sp³-hybridized carbons (Fsp3) is 0.967. The number of halogens is 5. The van der Waals surface area contributed by atoms with Gasteiger partial charge in [-0.3, -0.25) is 10.1 Å². The molecule has 3 rings (SSSR count). The average molecular weight is 582 g/mol. The van der Waals surface area contributed by atoms with Crippen LogP contribution in [0.5, 0.6) is 0 Å². The first-order valence-corrected chi connectivity index (χ1v) is 18.1. The van der Waals surface area contributed by atoms with E-state index in [4.69, 9.17) is 4.43 Å². The van der Waals surface area contributed by atoms with E-state index >= 15 is 0 Å². The Morgan fingerprint density at radius 3 is 1.97 bits per heavy atom. The number of rotatable bonds is 8. The molecule has 0 aromatic rings. The normalized spacial score (nSPS) is 34.1. The van der Waals surface area contributed by atoms with Crippen molar-refractivity contribution in [3.63, 3.8) is 0 Å². The van der Waals surface area contributed by atoms with Gasteiger partial charge >= 0.3 is 6.18 Å². The summed E-state index contributed by atoms with van der Waals surface area (Å²) in [5, 5.41) is 2.15. The third-order valence-electron chi connectivity index (χ3n) is 10.8. The minimum Gasteiger partial charge on any atom is -0.416 e. The van der Waals surface area contributed by atoms with Gasteiger partial charge in [-0.05, 0) is 67.5 Å². The highest BCUT2D eigenvalue weighted by atomic mass is 28.4. The number of alkyl halides is 5. The zero-order chi connectivity index (χ0) is 29.3. The first-order valence-electron chi connectivity index (χ1n) is 15.2. The number of carbonyl (C=O) groups is 1. The fourth-order valence-electron chi connectivity index (χ4n) is 7.31. The van der Waals surface area contributed by atoms with Crippen molar-refractivity contribution in [1.82, 2.24) is 5.32 Å². The van der Waals surface area contributed by atoms with E-state index in [1.54, 1.807) is 0 Å². The Bertz CT molecular complexity index is 798. The molecule has 39 heavy (non-hydrogen) atoms. The maximum absolute atomic E-state index is 14.6. The standard InChI is InChI=1S/C30H52F5NO2Si/c1-18(2)19-13-15-21(16-14-19)26(37)24-23(20-11-9-8-10-12-20)22(17-38-39(6,7)29(3,4)5)25(28(31)32)36-27(24)30(33,34)35/h18-25,27-28,36H,8-17H2,1-7H3. The van der Waals surface area contributed by atoms with Crippen LogP contribution in [0.1, 0.15) is 92.4 Å². The van der Waals surface area contributed by atoms with Gasteiger partial charge in [-0.25, -0.2) is 8.78 Å². The van der Waals surface area contributed by atoms with Gasteiger partial charge in [0, 0.05) is 24.4 Å². The van der Waals surface area contributed by atoms with Crippen LogP contribution in [-0.4, -0.2) is 45.4 Å². The van der Waals surface area contributed by atoms with Crippen LogP contribution in [0.25, 0.3) is 0 Å². The molecule has 1 N–H and O–H groups in total. The van der Waals surface area contributed by atoms with Crippen LogP contribution in [-0.2, 0) is 9.22 Å². The minimum absolute atomic E-state index is 0.0336. The summed E-state index contributed by atoms with van der Waals surface area (Å²) in [7, 11) is -2.37. The smallest absolute Gasteiger partial charge is 0.404 e.